The first-order valence-corrected chi connectivity index (χ1v) is 5.93. The number of aromatic amines is 1. The van der Waals surface area contributed by atoms with Crippen LogP contribution in [0.1, 0.15) is 28.7 Å². The Morgan fingerprint density at radius 2 is 1.89 bits per heavy atom. The van der Waals surface area contributed by atoms with Crippen LogP contribution in [0, 0.1) is 0 Å². The summed E-state index contributed by atoms with van der Waals surface area (Å²) < 4.78 is 0. The van der Waals surface area contributed by atoms with Gasteiger partial charge in [0, 0.05) is 22.7 Å². The summed E-state index contributed by atoms with van der Waals surface area (Å²) in [4.78, 5) is 2.58. The molecule has 0 saturated carbocycles. The average Bonchev–Trinajstić information content (AvgIpc) is 2.88. The minimum absolute atomic E-state index is 0.0143. The smallest absolute Gasteiger partial charge is 0.199 e. The molecule has 1 aromatic carbocycles. The van der Waals surface area contributed by atoms with Gasteiger partial charge in [-0.15, -0.1) is 0 Å². The molecule has 0 fully saturated rings. The summed E-state index contributed by atoms with van der Waals surface area (Å²) in [5.74, 6) is 0.270. The molecule has 4 nitrogen and oxygen atoms in total. The molecule has 2 heterocycles. The number of anilines is 1. The quantitative estimate of drug-likeness (QED) is 0.572. The van der Waals surface area contributed by atoms with E-state index in [1.54, 1.807) is 0 Å². The SMILES string of the molecule is Oc1[nH]c(O)c2c1C=CC1c3ccccc3NC21. The lowest BCUT2D eigenvalue weighted by atomic mass is 9.85. The summed E-state index contributed by atoms with van der Waals surface area (Å²) in [6.45, 7) is 0. The monoisotopic (exact) mass is 240 g/mol. The van der Waals surface area contributed by atoms with E-state index < -0.39 is 0 Å². The molecule has 2 unspecified atom stereocenters. The predicted octanol–water partition coefficient (Wildman–Crippen LogP) is 2.70. The minimum Gasteiger partial charge on any atom is -0.494 e. The second kappa shape index (κ2) is 3.10. The number of H-pyrrole nitrogens is 1. The zero-order chi connectivity index (χ0) is 12.3. The van der Waals surface area contributed by atoms with Gasteiger partial charge >= 0.3 is 0 Å². The number of aromatic hydroxyl groups is 2. The van der Waals surface area contributed by atoms with Crippen LogP contribution < -0.4 is 5.32 Å². The molecular formula is C14H12N2O2. The van der Waals surface area contributed by atoms with Gasteiger partial charge in [-0.3, -0.25) is 4.98 Å². The van der Waals surface area contributed by atoms with E-state index in [0.717, 1.165) is 11.3 Å². The van der Waals surface area contributed by atoms with Crippen molar-refractivity contribution in [2.45, 2.75) is 12.0 Å². The maximum Gasteiger partial charge on any atom is 0.199 e. The van der Waals surface area contributed by atoms with Crippen molar-refractivity contribution in [3.8, 4) is 11.8 Å². The van der Waals surface area contributed by atoms with Crippen LogP contribution in [0.4, 0.5) is 5.69 Å². The first-order chi connectivity index (χ1) is 8.75. The van der Waals surface area contributed by atoms with Gasteiger partial charge in [0.05, 0.1) is 6.04 Å². The maximum atomic E-state index is 9.91. The summed E-state index contributed by atoms with van der Waals surface area (Å²) in [5.41, 5.74) is 3.74. The lowest BCUT2D eigenvalue weighted by molar-refractivity contribution is 0.421. The second-order valence-electron chi connectivity index (χ2n) is 4.74. The van der Waals surface area contributed by atoms with E-state index in [1.807, 2.05) is 24.3 Å². The van der Waals surface area contributed by atoms with E-state index in [-0.39, 0.29) is 23.7 Å². The molecule has 1 aliphatic heterocycles. The molecular weight excluding hydrogens is 228 g/mol. The number of rotatable bonds is 0. The predicted molar refractivity (Wildman–Crippen MR) is 68.7 cm³/mol. The number of fused-ring (bicyclic) bond motifs is 5. The Morgan fingerprint density at radius 3 is 2.78 bits per heavy atom. The molecule has 4 N–H and O–H groups in total. The molecule has 0 radical (unpaired) electrons. The minimum atomic E-state index is -0.0143. The van der Waals surface area contributed by atoms with Crippen molar-refractivity contribution in [3.05, 3.63) is 47.0 Å². The zero-order valence-corrected chi connectivity index (χ0v) is 9.51. The molecule has 1 aliphatic carbocycles. The number of hydrogen-bond acceptors (Lipinski definition) is 3. The van der Waals surface area contributed by atoms with E-state index in [1.165, 1.54) is 5.56 Å². The Balaban J connectivity index is 1.92. The summed E-state index contributed by atoms with van der Waals surface area (Å²) in [6, 6.07) is 8.11. The summed E-state index contributed by atoms with van der Waals surface area (Å²) >= 11 is 0. The van der Waals surface area contributed by atoms with Crippen LogP contribution in [0.3, 0.4) is 0 Å². The average molecular weight is 240 g/mol. The fraction of sp³-hybridized carbons (Fsp3) is 0.143. The Bertz CT molecular complexity index is 672. The molecule has 4 rings (SSSR count). The number of nitrogens with one attached hydrogen (secondary N) is 2. The Hall–Kier alpha value is -2.36. The van der Waals surface area contributed by atoms with Gasteiger partial charge in [-0.1, -0.05) is 30.4 Å². The fourth-order valence-electron chi connectivity index (χ4n) is 3.01. The molecule has 18 heavy (non-hydrogen) atoms. The lowest BCUT2D eigenvalue weighted by Crippen LogP contribution is -2.13. The highest BCUT2D eigenvalue weighted by Crippen LogP contribution is 2.52. The van der Waals surface area contributed by atoms with Crippen molar-refractivity contribution < 1.29 is 10.2 Å². The Kier molecular flexibility index (Phi) is 1.66. The molecule has 2 aromatic rings. The van der Waals surface area contributed by atoms with Crippen LogP contribution in [0.5, 0.6) is 11.8 Å². The molecule has 1 aromatic heterocycles. The van der Waals surface area contributed by atoms with E-state index in [9.17, 15) is 10.2 Å². The van der Waals surface area contributed by atoms with Crippen molar-refractivity contribution in [1.29, 1.82) is 0 Å². The van der Waals surface area contributed by atoms with Gasteiger partial charge in [-0.25, -0.2) is 0 Å². The van der Waals surface area contributed by atoms with Gasteiger partial charge in [-0.2, -0.15) is 0 Å². The second-order valence-corrected chi connectivity index (χ2v) is 4.74. The van der Waals surface area contributed by atoms with Crippen molar-refractivity contribution in [1.82, 2.24) is 4.98 Å². The van der Waals surface area contributed by atoms with Crippen LogP contribution in [0.2, 0.25) is 0 Å². The van der Waals surface area contributed by atoms with E-state index in [2.05, 4.69) is 22.4 Å². The summed E-state index contributed by atoms with van der Waals surface area (Å²) in [6.07, 6.45) is 3.94. The molecule has 0 saturated heterocycles. The molecule has 2 atom stereocenters. The number of aromatic nitrogens is 1. The van der Waals surface area contributed by atoms with E-state index in [0.29, 0.717) is 5.56 Å². The topological polar surface area (TPSA) is 68.3 Å². The van der Waals surface area contributed by atoms with Crippen molar-refractivity contribution in [2.24, 2.45) is 0 Å². The first kappa shape index (κ1) is 9.65. The van der Waals surface area contributed by atoms with Crippen LogP contribution in [-0.4, -0.2) is 15.2 Å². The van der Waals surface area contributed by atoms with Crippen LogP contribution in [0.15, 0.2) is 30.3 Å². The number of para-hydroxylation sites is 1. The van der Waals surface area contributed by atoms with Gasteiger partial charge in [0.1, 0.15) is 0 Å². The standard InChI is InChI=1S/C14H12N2O2/c17-13-9-6-5-8-7-3-1-2-4-10(7)15-12(8)11(9)14(18)16-13/h1-6,8,12,15-18H. The van der Waals surface area contributed by atoms with Gasteiger partial charge in [-0.05, 0) is 11.6 Å². The largest absolute Gasteiger partial charge is 0.494 e. The van der Waals surface area contributed by atoms with Crippen LogP contribution >= 0.6 is 0 Å². The van der Waals surface area contributed by atoms with Crippen LogP contribution in [-0.2, 0) is 0 Å². The third-order valence-electron chi connectivity index (χ3n) is 3.81. The molecule has 4 heteroatoms. The molecule has 90 valence electrons. The van der Waals surface area contributed by atoms with E-state index >= 15 is 0 Å². The molecule has 2 aliphatic rings. The third-order valence-corrected chi connectivity index (χ3v) is 3.81. The normalized spacial score (nSPS) is 23.1. The zero-order valence-electron chi connectivity index (χ0n) is 9.51. The maximum absolute atomic E-state index is 9.91. The lowest BCUT2D eigenvalue weighted by Gasteiger charge is -2.21. The van der Waals surface area contributed by atoms with E-state index in [4.69, 9.17) is 0 Å². The van der Waals surface area contributed by atoms with Gasteiger partial charge in [0.25, 0.3) is 0 Å². The van der Waals surface area contributed by atoms with Crippen LogP contribution in [0.25, 0.3) is 6.08 Å². The third kappa shape index (κ3) is 1.05. The first-order valence-electron chi connectivity index (χ1n) is 5.93. The number of hydrogen-bond donors (Lipinski definition) is 4. The molecule has 0 amide bonds. The highest BCUT2D eigenvalue weighted by Gasteiger charge is 2.38. The van der Waals surface area contributed by atoms with Gasteiger partial charge in [0.15, 0.2) is 11.8 Å². The molecule has 0 spiro atoms. The molecule has 0 bridgehead atoms. The highest BCUT2D eigenvalue weighted by atomic mass is 16.3. The van der Waals surface area contributed by atoms with Gasteiger partial charge < -0.3 is 15.5 Å². The van der Waals surface area contributed by atoms with Crippen molar-refractivity contribution in [3.63, 3.8) is 0 Å². The van der Waals surface area contributed by atoms with Crippen molar-refractivity contribution in [2.75, 3.05) is 5.32 Å². The Labute approximate surface area is 104 Å². The summed E-state index contributed by atoms with van der Waals surface area (Å²) in [7, 11) is 0. The van der Waals surface area contributed by atoms with Crippen molar-refractivity contribution >= 4 is 11.8 Å². The Morgan fingerprint density at radius 1 is 1.06 bits per heavy atom. The fourth-order valence-corrected chi connectivity index (χ4v) is 3.01. The highest BCUT2D eigenvalue weighted by molar-refractivity contribution is 5.74. The van der Waals surface area contributed by atoms with Gasteiger partial charge in [0.2, 0.25) is 0 Å². The summed E-state index contributed by atoms with van der Waals surface area (Å²) in [5, 5.41) is 23.0. The number of benzene rings is 1.